The number of halogens is 1. The molecule has 0 unspecified atom stereocenters. The fourth-order valence-electron chi connectivity index (χ4n) is 3.47. The van der Waals surface area contributed by atoms with Gasteiger partial charge in [-0.25, -0.2) is 14.4 Å². The Labute approximate surface area is 164 Å². The molecule has 4 rings (SSSR count). The summed E-state index contributed by atoms with van der Waals surface area (Å²) in [4.78, 5) is 20.9. The van der Waals surface area contributed by atoms with Crippen molar-refractivity contribution in [2.24, 2.45) is 0 Å². The van der Waals surface area contributed by atoms with Gasteiger partial charge >= 0.3 is 0 Å². The van der Waals surface area contributed by atoms with Crippen LogP contribution in [-0.2, 0) is 6.54 Å². The minimum absolute atomic E-state index is 0.0547. The fourth-order valence-corrected chi connectivity index (χ4v) is 3.47. The number of anilines is 2. The van der Waals surface area contributed by atoms with Crippen LogP contribution in [0, 0.1) is 5.82 Å². The number of nitrogen functional groups attached to an aromatic ring is 1. The third-order valence-corrected chi connectivity index (χ3v) is 4.91. The summed E-state index contributed by atoms with van der Waals surface area (Å²) in [6.07, 6.45) is 0.562. The second kappa shape index (κ2) is 7.60. The molecule has 1 saturated carbocycles. The van der Waals surface area contributed by atoms with Gasteiger partial charge in [0.25, 0.3) is 5.91 Å². The van der Waals surface area contributed by atoms with E-state index in [1.165, 1.54) is 18.5 Å². The van der Waals surface area contributed by atoms with Gasteiger partial charge in [0.15, 0.2) is 11.3 Å². The third kappa shape index (κ3) is 3.82. The van der Waals surface area contributed by atoms with Crippen molar-refractivity contribution < 1.29 is 19.4 Å². The molecule has 2 heterocycles. The molecular weight excluding hydrogens is 381 g/mol. The van der Waals surface area contributed by atoms with Crippen molar-refractivity contribution >= 4 is 28.4 Å². The van der Waals surface area contributed by atoms with Crippen LogP contribution in [0.2, 0.25) is 0 Å². The van der Waals surface area contributed by atoms with Gasteiger partial charge in [0, 0.05) is 12.2 Å². The normalized spacial score (nSPS) is 21.4. The predicted molar refractivity (Wildman–Crippen MR) is 102 cm³/mol. The lowest BCUT2D eigenvalue weighted by Gasteiger charge is -2.18. The average Bonchev–Trinajstić information content (AvgIpc) is 3.25. The summed E-state index contributed by atoms with van der Waals surface area (Å²) < 4.78 is 13.5. The van der Waals surface area contributed by atoms with Gasteiger partial charge in [0.1, 0.15) is 18.0 Å². The number of nitrogens with zero attached hydrogens (tertiary/aromatic N) is 3. The molecule has 1 aliphatic rings. The van der Waals surface area contributed by atoms with E-state index < -0.39 is 30.0 Å². The number of nitrogens with two attached hydrogens (primary N) is 1. The molecule has 1 aromatic carbocycles. The first-order chi connectivity index (χ1) is 13.9. The molecule has 3 atom stereocenters. The van der Waals surface area contributed by atoms with Crippen LogP contribution < -0.4 is 16.4 Å². The van der Waals surface area contributed by atoms with E-state index in [1.807, 2.05) is 0 Å². The Morgan fingerprint density at radius 3 is 2.83 bits per heavy atom. The van der Waals surface area contributed by atoms with E-state index in [1.54, 1.807) is 6.07 Å². The summed E-state index contributed by atoms with van der Waals surface area (Å²) in [6.45, 7) is 0.0547. The number of aromatic amines is 1. The van der Waals surface area contributed by atoms with E-state index >= 15 is 0 Å². The standard InChI is InChI=1S/C18H20FN7O3/c19-9-3-8(4-10(20)5-9)6-21-18(29)14-13-16(22-7-23-17(13)26-25-14)24-11-1-2-12(27)15(11)28/h3-5,7,11-12,15,27-28H,1-2,6,20H2,(H,21,29)(H2,22,23,24,25,26)/t11-,12-,15+/m1/s1. The van der Waals surface area contributed by atoms with Crippen LogP contribution in [0.1, 0.15) is 28.9 Å². The predicted octanol–water partition coefficient (Wildman–Crippen LogP) is 0.300. The van der Waals surface area contributed by atoms with E-state index in [-0.39, 0.29) is 17.9 Å². The number of fused-ring (bicyclic) bond motifs is 1. The summed E-state index contributed by atoms with van der Waals surface area (Å²) in [5, 5.41) is 32.6. The number of carbonyl (C=O) groups excluding carboxylic acids is 1. The molecule has 0 spiro atoms. The average molecular weight is 401 g/mol. The number of aliphatic hydroxyl groups excluding tert-OH is 2. The summed E-state index contributed by atoms with van der Waals surface area (Å²) in [5.41, 5.74) is 6.79. The minimum Gasteiger partial charge on any atom is -0.399 e. The number of benzene rings is 1. The van der Waals surface area contributed by atoms with Crippen LogP contribution >= 0.6 is 0 Å². The van der Waals surface area contributed by atoms with Crippen LogP contribution in [-0.4, -0.2) is 54.5 Å². The zero-order chi connectivity index (χ0) is 20.5. The highest BCUT2D eigenvalue weighted by Gasteiger charge is 2.34. The van der Waals surface area contributed by atoms with Crippen molar-refractivity contribution in [3.63, 3.8) is 0 Å². The van der Waals surface area contributed by atoms with Crippen molar-refractivity contribution in [3.8, 4) is 0 Å². The van der Waals surface area contributed by atoms with Gasteiger partial charge in [-0.2, -0.15) is 5.10 Å². The molecule has 1 amide bonds. The van der Waals surface area contributed by atoms with Gasteiger partial charge in [-0.3, -0.25) is 9.89 Å². The number of hydrogen-bond acceptors (Lipinski definition) is 8. The molecule has 0 radical (unpaired) electrons. The molecule has 11 heteroatoms. The quantitative estimate of drug-likeness (QED) is 0.333. The molecule has 0 saturated heterocycles. The van der Waals surface area contributed by atoms with E-state index in [2.05, 4.69) is 30.8 Å². The second-order valence-electron chi connectivity index (χ2n) is 6.98. The van der Waals surface area contributed by atoms with Crippen molar-refractivity contribution in [1.29, 1.82) is 0 Å². The van der Waals surface area contributed by atoms with Gasteiger partial charge in [0.05, 0.1) is 23.6 Å². The lowest BCUT2D eigenvalue weighted by atomic mass is 10.1. The monoisotopic (exact) mass is 401 g/mol. The Kier molecular flexibility index (Phi) is 4.99. The number of carbonyl (C=O) groups is 1. The number of aromatic nitrogens is 4. The summed E-state index contributed by atoms with van der Waals surface area (Å²) in [7, 11) is 0. The smallest absolute Gasteiger partial charge is 0.272 e. The zero-order valence-corrected chi connectivity index (χ0v) is 15.3. The van der Waals surface area contributed by atoms with Gasteiger partial charge in [-0.1, -0.05) is 0 Å². The molecule has 152 valence electrons. The van der Waals surface area contributed by atoms with Gasteiger partial charge < -0.3 is 26.6 Å². The maximum Gasteiger partial charge on any atom is 0.272 e. The van der Waals surface area contributed by atoms with E-state index in [0.29, 0.717) is 35.3 Å². The lowest BCUT2D eigenvalue weighted by Crippen LogP contribution is -2.34. The number of hydrogen-bond donors (Lipinski definition) is 6. The number of nitrogens with one attached hydrogen (secondary N) is 3. The lowest BCUT2D eigenvalue weighted by molar-refractivity contribution is 0.0392. The minimum atomic E-state index is -0.942. The Morgan fingerprint density at radius 1 is 1.28 bits per heavy atom. The highest BCUT2D eigenvalue weighted by atomic mass is 19.1. The molecule has 0 aliphatic heterocycles. The van der Waals surface area contributed by atoms with Crippen molar-refractivity contribution in [2.75, 3.05) is 11.1 Å². The number of H-pyrrole nitrogens is 1. The Balaban J connectivity index is 1.56. The highest BCUT2D eigenvalue weighted by molar-refractivity contribution is 6.07. The van der Waals surface area contributed by atoms with E-state index in [9.17, 15) is 19.4 Å². The molecule has 3 aromatic rings. The van der Waals surface area contributed by atoms with Crippen molar-refractivity contribution in [2.45, 2.75) is 37.6 Å². The highest BCUT2D eigenvalue weighted by Crippen LogP contribution is 2.27. The molecule has 7 N–H and O–H groups in total. The summed E-state index contributed by atoms with van der Waals surface area (Å²) in [5.74, 6) is -0.678. The van der Waals surface area contributed by atoms with Gasteiger partial charge in [0.2, 0.25) is 0 Å². The Hall–Kier alpha value is -3.31. The summed E-state index contributed by atoms with van der Waals surface area (Å²) in [6, 6.07) is 3.62. The van der Waals surface area contributed by atoms with Crippen LogP contribution in [0.5, 0.6) is 0 Å². The molecule has 1 aliphatic carbocycles. The topological polar surface area (TPSA) is 162 Å². The Morgan fingerprint density at radius 2 is 2.10 bits per heavy atom. The van der Waals surface area contributed by atoms with E-state index in [0.717, 1.165) is 0 Å². The van der Waals surface area contributed by atoms with Gasteiger partial charge in [-0.05, 0) is 36.6 Å². The SMILES string of the molecule is Nc1cc(F)cc(CNC(=O)c2n[nH]c3ncnc(N[C@@H]4CC[C@@H](O)[C@H]4O)c23)c1. The van der Waals surface area contributed by atoms with E-state index in [4.69, 9.17) is 5.73 Å². The third-order valence-electron chi connectivity index (χ3n) is 4.91. The Bertz CT molecular complexity index is 1040. The van der Waals surface area contributed by atoms with Crippen LogP contribution in [0.4, 0.5) is 15.9 Å². The van der Waals surface area contributed by atoms with Crippen LogP contribution in [0.15, 0.2) is 24.5 Å². The molecule has 10 nitrogen and oxygen atoms in total. The van der Waals surface area contributed by atoms with Crippen LogP contribution in [0.3, 0.4) is 0 Å². The molecular formula is C18H20FN7O3. The van der Waals surface area contributed by atoms with Gasteiger partial charge in [-0.15, -0.1) is 0 Å². The first kappa shape index (κ1) is 19.0. The molecule has 29 heavy (non-hydrogen) atoms. The number of rotatable bonds is 5. The summed E-state index contributed by atoms with van der Waals surface area (Å²) >= 11 is 0. The maximum atomic E-state index is 13.5. The largest absolute Gasteiger partial charge is 0.399 e. The van der Waals surface area contributed by atoms with Crippen molar-refractivity contribution in [3.05, 3.63) is 41.6 Å². The fraction of sp³-hybridized carbons (Fsp3) is 0.333. The maximum absolute atomic E-state index is 13.5. The zero-order valence-electron chi connectivity index (χ0n) is 15.3. The first-order valence-electron chi connectivity index (χ1n) is 9.07. The number of amides is 1. The van der Waals surface area contributed by atoms with Crippen molar-refractivity contribution in [1.82, 2.24) is 25.5 Å². The van der Waals surface area contributed by atoms with Crippen LogP contribution in [0.25, 0.3) is 11.0 Å². The first-order valence-corrected chi connectivity index (χ1v) is 9.07. The molecule has 1 fully saturated rings. The molecule has 2 aromatic heterocycles. The second-order valence-corrected chi connectivity index (χ2v) is 6.98. The number of aliphatic hydroxyl groups is 2. The molecule has 0 bridgehead atoms.